The summed E-state index contributed by atoms with van der Waals surface area (Å²) in [6.45, 7) is 0. The van der Waals surface area contributed by atoms with Crippen molar-refractivity contribution in [1.82, 2.24) is 10.4 Å². The van der Waals surface area contributed by atoms with Crippen molar-refractivity contribution in [2.45, 2.75) is 25.7 Å². The smallest absolute Gasteiger partial charge is 0.272 e. The van der Waals surface area contributed by atoms with Crippen LogP contribution in [0.3, 0.4) is 0 Å². The van der Waals surface area contributed by atoms with Gasteiger partial charge < -0.3 is 0 Å². The van der Waals surface area contributed by atoms with Gasteiger partial charge in [-0.1, -0.05) is 41.9 Å². The van der Waals surface area contributed by atoms with Crippen LogP contribution in [0.5, 0.6) is 0 Å². The number of nitrogens with one attached hydrogen (secondary N) is 1. The second-order valence-corrected chi connectivity index (χ2v) is 7.20. The molecule has 1 heterocycles. The summed E-state index contributed by atoms with van der Waals surface area (Å²) in [5, 5.41) is 5.58. The third kappa shape index (κ3) is 3.94. The summed E-state index contributed by atoms with van der Waals surface area (Å²) >= 11 is 5.98. The molecule has 1 N–H and O–H groups in total. The van der Waals surface area contributed by atoms with Gasteiger partial charge in [-0.3, -0.25) is 9.59 Å². The van der Waals surface area contributed by atoms with E-state index < -0.39 is 0 Å². The first-order valence-corrected chi connectivity index (χ1v) is 9.51. The number of halogens is 1. The lowest BCUT2D eigenvalue weighted by atomic mass is 9.97. The van der Waals surface area contributed by atoms with Gasteiger partial charge in [0.15, 0.2) is 0 Å². The van der Waals surface area contributed by atoms with E-state index in [4.69, 9.17) is 11.6 Å². The van der Waals surface area contributed by atoms with E-state index in [0.29, 0.717) is 29.1 Å². The zero-order valence-corrected chi connectivity index (χ0v) is 15.9. The Hall–Kier alpha value is -3.05. The number of hydrogen-bond donors (Lipinski definition) is 1. The Morgan fingerprint density at radius 1 is 1.07 bits per heavy atom. The molecule has 0 bridgehead atoms. The van der Waals surface area contributed by atoms with E-state index in [1.807, 2.05) is 36.4 Å². The molecular weight excluding hydrogens is 374 g/mol. The topological polar surface area (TPSA) is 71.4 Å². The fourth-order valence-corrected chi connectivity index (χ4v) is 3.44. The van der Waals surface area contributed by atoms with Crippen LogP contribution in [0.4, 0.5) is 0 Å². The molecule has 0 unspecified atom stereocenters. The van der Waals surface area contributed by atoms with E-state index >= 15 is 0 Å². The highest BCUT2D eigenvalue weighted by Gasteiger charge is 2.17. The molecule has 1 saturated carbocycles. The number of para-hydroxylation sites is 1. The van der Waals surface area contributed by atoms with Crippen LogP contribution in [0.2, 0.25) is 5.02 Å². The molecule has 0 atom stereocenters. The van der Waals surface area contributed by atoms with Gasteiger partial charge in [-0.15, -0.1) is 0 Å². The van der Waals surface area contributed by atoms with Crippen LogP contribution < -0.4 is 5.43 Å². The second-order valence-electron chi connectivity index (χ2n) is 6.77. The van der Waals surface area contributed by atoms with Gasteiger partial charge in [0, 0.05) is 34.5 Å². The predicted molar refractivity (Wildman–Crippen MR) is 111 cm³/mol. The Morgan fingerprint density at radius 3 is 2.64 bits per heavy atom. The van der Waals surface area contributed by atoms with Crippen LogP contribution in [-0.2, 0) is 4.79 Å². The third-order valence-corrected chi connectivity index (χ3v) is 4.99. The maximum absolute atomic E-state index is 12.9. The number of carbonyl (C=O) groups is 2. The van der Waals surface area contributed by atoms with Crippen molar-refractivity contribution >= 4 is 39.9 Å². The minimum atomic E-state index is -0.320. The largest absolute Gasteiger partial charge is 0.299 e. The van der Waals surface area contributed by atoms with Gasteiger partial charge in [-0.25, -0.2) is 10.4 Å². The van der Waals surface area contributed by atoms with Gasteiger partial charge in [-0.05, 0) is 37.1 Å². The number of pyridine rings is 1. The van der Waals surface area contributed by atoms with Crippen molar-refractivity contribution in [2.24, 2.45) is 5.10 Å². The molecule has 140 valence electrons. The lowest BCUT2D eigenvalue weighted by Crippen LogP contribution is -2.23. The second kappa shape index (κ2) is 7.90. The van der Waals surface area contributed by atoms with Crippen molar-refractivity contribution < 1.29 is 9.59 Å². The highest BCUT2D eigenvalue weighted by atomic mass is 35.5. The van der Waals surface area contributed by atoms with Crippen LogP contribution in [0, 0.1) is 0 Å². The van der Waals surface area contributed by atoms with Gasteiger partial charge in [0.1, 0.15) is 5.78 Å². The monoisotopic (exact) mass is 391 g/mol. The number of Topliss-reactive ketones (excluding diaryl/α,β-unsaturated/α-hetero) is 1. The van der Waals surface area contributed by atoms with E-state index in [9.17, 15) is 9.59 Å². The molecule has 0 saturated heterocycles. The Balaban J connectivity index is 1.70. The van der Waals surface area contributed by atoms with Crippen molar-refractivity contribution in [3.05, 3.63) is 65.2 Å². The quantitative estimate of drug-likeness (QED) is 0.653. The molecule has 0 aliphatic heterocycles. The van der Waals surface area contributed by atoms with Crippen molar-refractivity contribution in [2.75, 3.05) is 0 Å². The van der Waals surface area contributed by atoms with Crippen LogP contribution >= 0.6 is 11.6 Å². The Labute approximate surface area is 167 Å². The van der Waals surface area contributed by atoms with Gasteiger partial charge in [-0.2, -0.15) is 5.10 Å². The van der Waals surface area contributed by atoms with Gasteiger partial charge in [0.25, 0.3) is 5.91 Å². The number of rotatable bonds is 3. The van der Waals surface area contributed by atoms with Gasteiger partial charge >= 0.3 is 0 Å². The van der Waals surface area contributed by atoms with Gasteiger partial charge in [0.05, 0.1) is 16.8 Å². The van der Waals surface area contributed by atoms with Crippen LogP contribution in [0.15, 0.2) is 59.7 Å². The number of hydrazone groups is 1. The van der Waals surface area contributed by atoms with E-state index in [-0.39, 0.29) is 11.7 Å². The van der Waals surface area contributed by atoms with Crippen molar-refractivity contribution in [3.63, 3.8) is 0 Å². The Morgan fingerprint density at radius 2 is 1.86 bits per heavy atom. The number of aromatic nitrogens is 1. The first-order chi connectivity index (χ1) is 13.6. The molecule has 1 fully saturated rings. The summed E-state index contributed by atoms with van der Waals surface area (Å²) in [4.78, 5) is 29.1. The lowest BCUT2D eigenvalue weighted by molar-refractivity contribution is -0.118. The summed E-state index contributed by atoms with van der Waals surface area (Å²) in [7, 11) is 0. The standard InChI is InChI=1S/C22H18ClN3O2/c23-15-10-8-14(9-11-15)21-13-19(18-6-1-2-7-20(18)24-21)22(28)26-25-16-4-3-5-17(27)12-16/h1-2,6-11,13H,3-5,12H2,(H,26,28). The van der Waals surface area contributed by atoms with Crippen molar-refractivity contribution in [1.29, 1.82) is 0 Å². The fourth-order valence-electron chi connectivity index (χ4n) is 3.31. The summed E-state index contributed by atoms with van der Waals surface area (Å²) in [6, 6.07) is 16.6. The minimum absolute atomic E-state index is 0.165. The lowest BCUT2D eigenvalue weighted by Gasteiger charge is -2.12. The normalized spacial score (nSPS) is 15.8. The summed E-state index contributed by atoms with van der Waals surface area (Å²) in [6.07, 6.45) is 2.42. The first kappa shape index (κ1) is 18.3. The highest BCUT2D eigenvalue weighted by molar-refractivity contribution is 6.30. The molecule has 28 heavy (non-hydrogen) atoms. The SMILES string of the molecule is O=C1CCCC(=NNC(=O)c2cc(-c3ccc(Cl)cc3)nc3ccccc23)C1. The number of amides is 1. The molecule has 4 rings (SSSR count). The van der Waals surface area contributed by atoms with E-state index in [1.54, 1.807) is 18.2 Å². The zero-order chi connectivity index (χ0) is 19.5. The average Bonchev–Trinajstić information content (AvgIpc) is 2.72. The number of carbonyl (C=O) groups excluding carboxylic acids is 2. The summed E-state index contributed by atoms with van der Waals surface area (Å²) in [5.41, 5.74) is 6.10. The molecule has 5 nitrogen and oxygen atoms in total. The van der Waals surface area contributed by atoms with Crippen molar-refractivity contribution in [3.8, 4) is 11.3 Å². The summed E-state index contributed by atoms with van der Waals surface area (Å²) < 4.78 is 0. The van der Waals surface area contributed by atoms with E-state index in [1.165, 1.54) is 0 Å². The number of nitrogens with zero attached hydrogens (tertiary/aromatic N) is 2. The first-order valence-electron chi connectivity index (χ1n) is 9.13. The number of ketones is 1. The van der Waals surface area contributed by atoms with Crippen LogP contribution in [0.1, 0.15) is 36.0 Å². The van der Waals surface area contributed by atoms with E-state index in [2.05, 4.69) is 15.5 Å². The Kier molecular flexibility index (Phi) is 5.17. The average molecular weight is 392 g/mol. The molecule has 0 spiro atoms. The number of hydrogen-bond acceptors (Lipinski definition) is 4. The molecule has 2 aromatic carbocycles. The molecule has 6 heteroatoms. The Bertz CT molecular complexity index is 1090. The predicted octanol–water partition coefficient (Wildman–Crippen LogP) is 4.78. The zero-order valence-electron chi connectivity index (χ0n) is 15.1. The number of benzene rings is 2. The molecule has 3 aromatic rings. The number of fused-ring (bicyclic) bond motifs is 1. The third-order valence-electron chi connectivity index (χ3n) is 4.74. The highest BCUT2D eigenvalue weighted by Crippen LogP contribution is 2.26. The summed E-state index contributed by atoms with van der Waals surface area (Å²) in [5.74, 6) is -0.155. The van der Waals surface area contributed by atoms with Gasteiger partial charge in [0.2, 0.25) is 0 Å². The van der Waals surface area contributed by atoms with Crippen LogP contribution in [-0.4, -0.2) is 22.4 Å². The maximum Gasteiger partial charge on any atom is 0.272 e. The fraction of sp³-hybridized carbons (Fsp3) is 0.182. The van der Waals surface area contributed by atoms with E-state index in [0.717, 1.165) is 35.0 Å². The molecule has 1 amide bonds. The molecule has 1 aromatic heterocycles. The molecular formula is C22H18ClN3O2. The van der Waals surface area contributed by atoms with Crippen LogP contribution in [0.25, 0.3) is 22.2 Å². The molecule has 1 aliphatic carbocycles. The minimum Gasteiger partial charge on any atom is -0.299 e. The molecule has 0 radical (unpaired) electrons. The maximum atomic E-state index is 12.9. The molecule has 1 aliphatic rings.